The van der Waals surface area contributed by atoms with Gasteiger partial charge in [0.25, 0.3) is 8.32 Å². The van der Waals surface area contributed by atoms with Gasteiger partial charge in [-0.1, -0.05) is 160 Å². The maximum atomic E-state index is 14.3. The first-order valence-corrected chi connectivity index (χ1v) is 19.7. The number of amides is 1. The van der Waals surface area contributed by atoms with E-state index in [4.69, 9.17) is 18.6 Å². The van der Waals surface area contributed by atoms with E-state index in [2.05, 4.69) is 45.0 Å². The van der Waals surface area contributed by atoms with Gasteiger partial charge in [-0.25, -0.2) is 9.59 Å². The van der Waals surface area contributed by atoms with Crippen molar-refractivity contribution in [1.82, 2.24) is 4.90 Å². The van der Waals surface area contributed by atoms with Crippen LogP contribution in [0.1, 0.15) is 42.3 Å². The summed E-state index contributed by atoms with van der Waals surface area (Å²) in [5, 5.41) is 1.72. The number of rotatable bonds is 13. The van der Waals surface area contributed by atoms with Crippen LogP contribution in [0.15, 0.2) is 152 Å². The Balaban J connectivity index is 1.44. The molecule has 5 aromatic rings. The summed E-state index contributed by atoms with van der Waals surface area (Å²) in [6, 6.07) is 45.7. The zero-order valence-corrected chi connectivity index (χ0v) is 31.2. The minimum atomic E-state index is -3.14. The molecule has 53 heavy (non-hydrogen) atoms. The van der Waals surface area contributed by atoms with E-state index in [0.29, 0.717) is 11.8 Å². The minimum Gasteiger partial charge on any atom is -0.453 e. The first-order valence-electron chi connectivity index (χ1n) is 17.8. The van der Waals surface area contributed by atoms with Crippen LogP contribution in [0.5, 0.6) is 0 Å². The molecule has 8 nitrogen and oxygen atoms in total. The van der Waals surface area contributed by atoms with Crippen molar-refractivity contribution in [3.05, 3.63) is 168 Å². The second kappa shape index (κ2) is 17.0. The highest BCUT2D eigenvalue weighted by Gasteiger charge is 2.57. The number of carbonyl (C=O) groups is 3. The van der Waals surface area contributed by atoms with E-state index in [9.17, 15) is 14.4 Å². The summed E-state index contributed by atoms with van der Waals surface area (Å²) in [7, 11) is -3.14. The van der Waals surface area contributed by atoms with Crippen molar-refractivity contribution in [2.24, 2.45) is 0 Å². The summed E-state index contributed by atoms with van der Waals surface area (Å²) in [6.45, 7) is 6.59. The van der Waals surface area contributed by atoms with Crippen molar-refractivity contribution in [2.75, 3.05) is 6.61 Å². The normalized spacial score (nSPS) is 18.7. The molecule has 1 heterocycles. The van der Waals surface area contributed by atoms with Gasteiger partial charge in [-0.15, -0.1) is 0 Å². The van der Waals surface area contributed by atoms with Crippen LogP contribution in [0.3, 0.4) is 0 Å². The molecule has 0 saturated carbocycles. The third kappa shape index (κ3) is 8.33. The van der Waals surface area contributed by atoms with Gasteiger partial charge in [0.15, 0.2) is 6.10 Å². The van der Waals surface area contributed by atoms with Crippen molar-refractivity contribution in [2.45, 2.75) is 63.3 Å². The third-order valence-corrected chi connectivity index (χ3v) is 14.7. The number of hydrogen-bond donors (Lipinski definition) is 0. The topological polar surface area (TPSA) is 91.4 Å². The lowest BCUT2D eigenvalue weighted by Gasteiger charge is -2.44. The number of aldehydes is 1. The Bertz CT molecular complexity index is 1880. The average molecular weight is 728 g/mol. The van der Waals surface area contributed by atoms with Crippen LogP contribution in [0.2, 0.25) is 5.04 Å². The van der Waals surface area contributed by atoms with Crippen molar-refractivity contribution >= 4 is 37.0 Å². The van der Waals surface area contributed by atoms with Crippen molar-refractivity contribution < 1.29 is 33.0 Å². The summed E-state index contributed by atoms with van der Waals surface area (Å²) < 4.78 is 26.0. The van der Waals surface area contributed by atoms with Crippen LogP contribution >= 0.6 is 0 Å². The van der Waals surface area contributed by atoms with Crippen LogP contribution < -0.4 is 10.4 Å². The third-order valence-electron chi connectivity index (χ3n) is 9.70. The lowest BCUT2D eigenvalue weighted by molar-refractivity contribution is -0.115. The molecule has 5 aromatic carbocycles. The molecular weight excluding hydrogens is 683 g/mol. The standard InChI is InChI=1S/C44H45NO7Si/c1-44(2,3)53(36-25-15-7-16-26-36,37-27-17-8-18-28-37)51-32-39-40(49-30-33-19-9-4-10-20-33)41(52-42(47)35-23-13-6-14-24-35)38(29-46)45(39)43(48)50-31-34-21-11-5-12-22-34/h4-29,38-41H,30-32H2,1-3H3/t38-,39-,40-,41-/m1/s1. The lowest BCUT2D eigenvalue weighted by Crippen LogP contribution is -2.67. The SMILES string of the molecule is CC(C)(C)[Si](OC[C@@H]1[C@@H](OCc2ccccc2)[C@H](OC(=O)c2ccccc2)[C@@H](C=O)N1C(=O)OCc1ccccc1)(c1ccccc1)c1ccccc1. The van der Waals surface area contributed by atoms with E-state index < -0.39 is 44.7 Å². The molecule has 0 bridgehead atoms. The quantitative estimate of drug-likeness (QED) is 0.0736. The Hall–Kier alpha value is -5.35. The van der Waals surface area contributed by atoms with Crippen molar-refractivity contribution in [3.63, 3.8) is 0 Å². The first kappa shape index (κ1) is 37.4. The van der Waals surface area contributed by atoms with E-state index in [1.807, 2.05) is 97.1 Å². The minimum absolute atomic E-state index is 0.0198. The predicted molar refractivity (Wildman–Crippen MR) is 206 cm³/mol. The highest BCUT2D eigenvalue weighted by Crippen LogP contribution is 2.39. The summed E-state index contributed by atoms with van der Waals surface area (Å²) in [4.78, 5) is 42.4. The molecule has 0 aliphatic carbocycles. The Kier molecular flexibility index (Phi) is 12.0. The summed E-state index contributed by atoms with van der Waals surface area (Å²) in [6.07, 6.45) is -2.23. The number of esters is 1. The summed E-state index contributed by atoms with van der Waals surface area (Å²) in [5.41, 5.74) is 1.97. The Morgan fingerprint density at radius 2 is 1.13 bits per heavy atom. The van der Waals surface area contributed by atoms with Crippen LogP contribution in [-0.4, -0.2) is 62.5 Å². The molecule has 272 valence electrons. The zero-order valence-electron chi connectivity index (χ0n) is 30.2. The lowest BCUT2D eigenvalue weighted by atomic mass is 10.1. The molecule has 1 aliphatic heterocycles. The number of benzene rings is 5. The summed E-state index contributed by atoms with van der Waals surface area (Å²) in [5.74, 6) is -0.637. The van der Waals surface area contributed by atoms with Gasteiger partial charge >= 0.3 is 12.1 Å². The van der Waals surface area contributed by atoms with Gasteiger partial charge in [-0.2, -0.15) is 0 Å². The Morgan fingerprint density at radius 3 is 1.62 bits per heavy atom. The fourth-order valence-corrected chi connectivity index (χ4v) is 11.7. The molecular formula is C44H45NO7Si. The van der Waals surface area contributed by atoms with Crippen molar-refractivity contribution in [3.8, 4) is 0 Å². The van der Waals surface area contributed by atoms with Gasteiger partial charge in [-0.05, 0) is 38.7 Å². The van der Waals surface area contributed by atoms with Crippen LogP contribution in [0.4, 0.5) is 4.79 Å². The van der Waals surface area contributed by atoms with Gasteiger partial charge in [0.05, 0.1) is 24.8 Å². The second-order valence-electron chi connectivity index (χ2n) is 14.1. The summed E-state index contributed by atoms with van der Waals surface area (Å²) >= 11 is 0. The van der Waals surface area contributed by atoms with Gasteiger partial charge in [-0.3, -0.25) is 4.90 Å². The molecule has 1 amide bonds. The van der Waals surface area contributed by atoms with E-state index in [-0.39, 0.29) is 24.9 Å². The average Bonchev–Trinajstić information content (AvgIpc) is 3.49. The molecule has 0 aromatic heterocycles. The Morgan fingerprint density at radius 1 is 0.660 bits per heavy atom. The fourth-order valence-electron chi connectivity index (χ4n) is 7.17. The number of ether oxygens (including phenoxy) is 3. The molecule has 0 spiro atoms. The van der Waals surface area contributed by atoms with E-state index in [1.165, 1.54) is 4.90 Å². The smallest absolute Gasteiger partial charge is 0.411 e. The highest BCUT2D eigenvalue weighted by atomic mass is 28.4. The first-order chi connectivity index (χ1) is 25.7. The molecule has 1 fully saturated rings. The zero-order chi connectivity index (χ0) is 37.3. The van der Waals surface area contributed by atoms with E-state index >= 15 is 0 Å². The van der Waals surface area contributed by atoms with Gasteiger partial charge < -0.3 is 23.4 Å². The predicted octanol–water partition coefficient (Wildman–Crippen LogP) is 6.96. The molecule has 6 rings (SSSR count). The highest BCUT2D eigenvalue weighted by molar-refractivity contribution is 6.99. The molecule has 9 heteroatoms. The van der Waals surface area contributed by atoms with Crippen LogP contribution in [-0.2, 0) is 36.6 Å². The Labute approximate surface area is 312 Å². The number of hydrogen-bond acceptors (Lipinski definition) is 7. The number of likely N-dealkylation sites (tertiary alicyclic amines) is 1. The maximum absolute atomic E-state index is 14.3. The second-order valence-corrected chi connectivity index (χ2v) is 18.4. The van der Waals surface area contributed by atoms with Crippen molar-refractivity contribution in [1.29, 1.82) is 0 Å². The van der Waals surface area contributed by atoms with Gasteiger partial charge in [0.1, 0.15) is 25.0 Å². The number of nitrogens with zero attached hydrogens (tertiary/aromatic N) is 1. The maximum Gasteiger partial charge on any atom is 0.411 e. The molecule has 0 unspecified atom stereocenters. The molecule has 1 aliphatic rings. The molecule has 1 saturated heterocycles. The fraction of sp³-hybridized carbons (Fsp3) is 0.250. The molecule has 0 N–H and O–H groups in total. The largest absolute Gasteiger partial charge is 0.453 e. The van der Waals surface area contributed by atoms with Gasteiger partial charge in [0, 0.05) is 0 Å². The molecule has 0 radical (unpaired) electrons. The van der Waals surface area contributed by atoms with Crippen LogP contribution in [0, 0.1) is 0 Å². The number of carbonyl (C=O) groups excluding carboxylic acids is 3. The van der Waals surface area contributed by atoms with E-state index in [1.54, 1.807) is 30.3 Å². The monoisotopic (exact) mass is 727 g/mol. The van der Waals surface area contributed by atoms with Gasteiger partial charge in [0.2, 0.25) is 0 Å². The van der Waals surface area contributed by atoms with Crippen LogP contribution in [0.25, 0.3) is 0 Å². The molecule has 4 atom stereocenters. The van der Waals surface area contributed by atoms with E-state index in [0.717, 1.165) is 21.5 Å².